The molecule has 0 aromatic rings. The molecule has 5 nitrogen and oxygen atoms in total. The lowest BCUT2D eigenvalue weighted by Crippen LogP contribution is -2.36. The molecule has 0 saturated heterocycles. The van der Waals surface area contributed by atoms with Gasteiger partial charge < -0.3 is 10.6 Å². The van der Waals surface area contributed by atoms with Gasteiger partial charge in [0.15, 0.2) is 9.84 Å². The van der Waals surface area contributed by atoms with Crippen LogP contribution in [0.25, 0.3) is 0 Å². The molecule has 1 unspecified atom stereocenters. The van der Waals surface area contributed by atoms with E-state index in [1.807, 2.05) is 25.8 Å². The van der Waals surface area contributed by atoms with Gasteiger partial charge in [0.2, 0.25) is 0 Å². The number of nitrogens with two attached hydrogens (primary N) is 1. The molecule has 0 aliphatic carbocycles. The van der Waals surface area contributed by atoms with Crippen LogP contribution in [0.15, 0.2) is 0 Å². The van der Waals surface area contributed by atoms with Crippen LogP contribution in [0.3, 0.4) is 0 Å². The van der Waals surface area contributed by atoms with E-state index in [4.69, 9.17) is 11.1 Å². The van der Waals surface area contributed by atoms with Crippen LogP contribution in [0.2, 0.25) is 0 Å². The van der Waals surface area contributed by atoms with Crippen molar-refractivity contribution in [1.82, 2.24) is 4.90 Å². The van der Waals surface area contributed by atoms with Gasteiger partial charge in [0.1, 0.15) is 0 Å². The molecule has 16 heavy (non-hydrogen) atoms. The summed E-state index contributed by atoms with van der Waals surface area (Å²) >= 11 is 0. The van der Waals surface area contributed by atoms with Gasteiger partial charge in [-0.2, -0.15) is 0 Å². The normalized spacial score (nSPS) is 14.0. The Morgan fingerprint density at radius 1 is 1.44 bits per heavy atom. The summed E-state index contributed by atoms with van der Waals surface area (Å²) < 4.78 is 23.0. The van der Waals surface area contributed by atoms with E-state index in [1.54, 1.807) is 0 Å². The molecule has 96 valence electrons. The van der Waals surface area contributed by atoms with Gasteiger partial charge in [-0.1, -0.05) is 6.92 Å². The monoisotopic (exact) mass is 249 g/mol. The van der Waals surface area contributed by atoms with Crippen LogP contribution < -0.4 is 5.73 Å². The van der Waals surface area contributed by atoms with Crippen molar-refractivity contribution < 1.29 is 8.42 Å². The number of rotatable bonds is 8. The summed E-state index contributed by atoms with van der Waals surface area (Å²) in [5.74, 6) is 0.567. The lowest BCUT2D eigenvalue weighted by atomic mass is 10.2. The van der Waals surface area contributed by atoms with Crippen LogP contribution in [0.5, 0.6) is 0 Å². The zero-order valence-electron chi connectivity index (χ0n) is 10.4. The molecular formula is C10H23N3O2S. The molecule has 0 aromatic heterocycles. The number of nitrogens with one attached hydrogen (secondary N) is 1. The highest BCUT2D eigenvalue weighted by Gasteiger charge is 2.14. The number of hydrogen-bond acceptors (Lipinski definition) is 4. The molecule has 0 amide bonds. The molecule has 0 radical (unpaired) electrons. The molecule has 3 N–H and O–H groups in total. The summed E-state index contributed by atoms with van der Waals surface area (Å²) in [4.78, 5) is 1.93. The zero-order valence-corrected chi connectivity index (χ0v) is 11.2. The van der Waals surface area contributed by atoms with Gasteiger partial charge in [-0.25, -0.2) is 8.42 Å². The Labute approximate surface area is 98.4 Å². The first kappa shape index (κ1) is 15.4. The standard InChI is InChI=1S/C10H23N3O2S/c1-4-6-16(14,15)7-5-13(3)9(2)8-10(11)12/h9H,4-8H2,1-3H3,(H3,11,12). The number of sulfone groups is 1. The van der Waals surface area contributed by atoms with Crippen molar-refractivity contribution in [3.8, 4) is 0 Å². The van der Waals surface area contributed by atoms with Gasteiger partial charge in [0, 0.05) is 24.8 Å². The summed E-state index contributed by atoms with van der Waals surface area (Å²) in [6, 6.07) is 0.106. The summed E-state index contributed by atoms with van der Waals surface area (Å²) in [6.07, 6.45) is 1.14. The molecule has 0 heterocycles. The van der Waals surface area contributed by atoms with E-state index < -0.39 is 9.84 Å². The van der Waals surface area contributed by atoms with E-state index in [9.17, 15) is 8.42 Å². The second-order valence-electron chi connectivity index (χ2n) is 4.21. The molecule has 1 atom stereocenters. The van der Waals surface area contributed by atoms with Crippen molar-refractivity contribution in [2.24, 2.45) is 5.73 Å². The summed E-state index contributed by atoms with van der Waals surface area (Å²) in [6.45, 7) is 4.30. The Bertz CT molecular complexity index is 314. The maximum Gasteiger partial charge on any atom is 0.151 e. The minimum absolute atomic E-state index is 0.106. The first-order valence-corrected chi connectivity index (χ1v) is 7.34. The average molecular weight is 249 g/mol. The smallest absolute Gasteiger partial charge is 0.151 e. The Kier molecular flexibility index (Phi) is 6.59. The van der Waals surface area contributed by atoms with Crippen LogP contribution in [-0.2, 0) is 9.84 Å². The van der Waals surface area contributed by atoms with Crippen LogP contribution in [-0.4, -0.2) is 50.3 Å². The predicted octanol–water partition coefficient (Wildman–Crippen LogP) is 0.458. The molecular weight excluding hydrogens is 226 g/mol. The topological polar surface area (TPSA) is 87.2 Å². The van der Waals surface area contributed by atoms with E-state index in [0.29, 0.717) is 19.4 Å². The first-order valence-electron chi connectivity index (χ1n) is 5.52. The zero-order chi connectivity index (χ0) is 12.8. The summed E-state index contributed by atoms with van der Waals surface area (Å²) in [5.41, 5.74) is 5.30. The van der Waals surface area contributed by atoms with Crippen molar-refractivity contribution >= 4 is 15.7 Å². The van der Waals surface area contributed by atoms with Crippen LogP contribution in [0.1, 0.15) is 26.7 Å². The highest BCUT2D eigenvalue weighted by molar-refractivity contribution is 7.91. The van der Waals surface area contributed by atoms with E-state index >= 15 is 0 Å². The largest absolute Gasteiger partial charge is 0.388 e. The Morgan fingerprint density at radius 3 is 2.44 bits per heavy atom. The Morgan fingerprint density at radius 2 is 2.00 bits per heavy atom. The molecule has 6 heteroatoms. The fraction of sp³-hybridized carbons (Fsp3) is 0.900. The first-order chi connectivity index (χ1) is 7.28. The number of nitrogens with zero attached hydrogens (tertiary/aromatic N) is 1. The maximum atomic E-state index is 11.5. The summed E-state index contributed by atoms with van der Waals surface area (Å²) in [7, 11) is -1.06. The van der Waals surface area contributed by atoms with Gasteiger partial charge in [0.05, 0.1) is 11.6 Å². The van der Waals surface area contributed by atoms with Crippen molar-refractivity contribution in [3.63, 3.8) is 0 Å². The van der Waals surface area contributed by atoms with Crippen molar-refractivity contribution in [2.45, 2.75) is 32.7 Å². The molecule has 0 rings (SSSR count). The van der Waals surface area contributed by atoms with E-state index in [0.717, 1.165) is 0 Å². The van der Waals surface area contributed by atoms with E-state index in [2.05, 4.69) is 0 Å². The molecule has 0 aliphatic rings. The third-order valence-electron chi connectivity index (χ3n) is 2.54. The number of hydrogen-bond donors (Lipinski definition) is 2. The van der Waals surface area contributed by atoms with Gasteiger partial charge in [-0.05, 0) is 20.4 Å². The third-order valence-corrected chi connectivity index (χ3v) is 4.37. The van der Waals surface area contributed by atoms with E-state index in [1.165, 1.54) is 0 Å². The fourth-order valence-electron chi connectivity index (χ4n) is 1.39. The second-order valence-corrected chi connectivity index (χ2v) is 6.51. The van der Waals surface area contributed by atoms with Crippen molar-refractivity contribution in [1.29, 1.82) is 5.41 Å². The molecule has 0 bridgehead atoms. The molecule has 0 aliphatic heterocycles. The van der Waals surface area contributed by atoms with Gasteiger partial charge >= 0.3 is 0 Å². The third kappa shape index (κ3) is 6.79. The molecule has 0 saturated carbocycles. The minimum atomic E-state index is -2.92. The van der Waals surface area contributed by atoms with Crippen molar-refractivity contribution in [3.05, 3.63) is 0 Å². The molecule has 0 spiro atoms. The lowest BCUT2D eigenvalue weighted by molar-refractivity contribution is 0.277. The van der Waals surface area contributed by atoms with Crippen LogP contribution >= 0.6 is 0 Å². The van der Waals surface area contributed by atoms with Gasteiger partial charge in [0.25, 0.3) is 0 Å². The van der Waals surface area contributed by atoms with Gasteiger partial charge in [-0.15, -0.1) is 0 Å². The van der Waals surface area contributed by atoms with E-state index in [-0.39, 0.29) is 23.4 Å². The Balaban J connectivity index is 4.06. The predicted molar refractivity (Wildman–Crippen MR) is 67.6 cm³/mol. The van der Waals surface area contributed by atoms with Crippen molar-refractivity contribution in [2.75, 3.05) is 25.1 Å². The fourth-order valence-corrected chi connectivity index (χ4v) is 2.78. The SMILES string of the molecule is CCCS(=O)(=O)CCN(C)C(C)CC(=N)N. The summed E-state index contributed by atoms with van der Waals surface area (Å²) in [5, 5.41) is 7.17. The van der Waals surface area contributed by atoms with Crippen LogP contribution in [0, 0.1) is 5.41 Å². The number of amidine groups is 1. The Hall–Kier alpha value is -0.620. The van der Waals surface area contributed by atoms with Crippen LogP contribution in [0.4, 0.5) is 0 Å². The minimum Gasteiger partial charge on any atom is -0.388 e. The average Bonchev–Trinajstić information content (AvgIpc) is 2.13. The quantitative estimate of drug-likeness (QED) is 0.483. The maximum absolute atomic E-state index is 11.5. The second kappa shape index (κ2) is 6.85. The molecule has 0 aromatic carbocycles. The highest BCUT2D eigenvalue weighted by atomic mass is 32.2. The molecule has 0 fully saturated rings. The lowest BCUT2D eigenvalue weighted by Gasteiger charge is -2.23. The van der Waals surface area contributed by atoms with Gasteiger partial charge in [-0.3, -0.25) is 5.41 Å². The highest BCUT2D eigenvalue weighted by Crippen LogP contribution is 2.02.